The lowest BCUT2D eigenvalue weighted by molar-refractivity contribution is -0.118. The standard InChI is InChI=1S/C14H19N7O2S/c1-6(2)8-4-10(24-21-8)20-14-11(13(16)23)17-5-9(19-14)18-7(3)12(15)22/h4-7H,1-3H3,(H2,15,22)(H2,16,23)(H2,18,19,20). The van der Waals surface area contributed by atoms with Crippen LogP contribution in [0.25, 0.3) is 0 Å². The molecule has 0 aliphatic heterocycles. The van der Waals surface area contributed by atoms with Gasteiger partial charge in [-0.2, -0.15) is 4.37 Å². The number of primary amides is 2. The molecular weight excluding hydrogens is 330 g/mol. The highest BCUT2D eigenvalue weighted by Gasteiger charge is 2.16. The molecule has 9 nitrogen and oxygen atoms in total. The Balaban J connectivity index is 2.30. The van der Waals surface area contributed by atoms with Crippen LogP contribution in [0.1, 0.15) is 42.9 Å². The molecule has 1 atom stereocenters. The molecule has 0 aliphatic rings. The summed E-state index contributed by atoms with van der Waals surface area (Å²) in [6, 6.07) is 1.23. The largest absolute Gasteiger partial charge is 0.368 e. The first kappa shape index (κ1) is 17.6. The van der Waals surface area contributed by atoms with Crippen LogP contribution in [0.15, 0.2) is 12.3 Å². The fourth-order valence-corrected chi connectivity index (χ4v) is 2.54. The van der Waals surface area contributed by atoms with Crippen molar-refractivity contribution in [1.29, 1.82) is 0 Å². The number of anilines is 3. The van der Waals surface area contributed by atoms with Gasteiger partial charge in [0, 0.05) is 0 Å². The Kier molecular flexibility index (Phi) is 5.29. The molecule has 0 bridgehead atoms. The minimum atomic E-state index is -0.715. The maximum atomic E-state index is 11.5. The maximum Gasteiger partial charge on any atom is 0.271 e. The van der Waals surface area contributed by atoms with E-state index in [1.165, 1.54) is 17.7 Å². The van der Waals surface area contributed by atoms with E-state index in [9.17, 15) is 9.59 Å². The number of hydrogen-bond acceptors (Lipinski definition) is 8. The van der Waals surface area contributed by atoms with E-state index in [0.29, 0.717) is 10.8 Å². The smallest absolute Gasteiger partial charge is 0.271 e. The van der Waals surface area contributed by atoms with Crippen molar-refractivity contribution in [1.82, 2.24) is 14.3 Å². The zero-order valence-corrected chi connectivity index (χ0v) is 14.3. The van der Waals surface area contributed by atoms with Crippen molar-refractivity contribution in [3.05, 3.63) is 23.7 Å². The van der Waals surface area contributed by atoms with Crippen molar-refractivity contribution in [2.24, 2.45) is 11.5 Å². The summed E-state index contributed by atoms with van der Waals surface area (Å²) in [7, 11) is 0. The third-order valence-corrected chi connectivity index (χ3v) is 3.88. The molecule has 0 aliphatic carbocycles. The zero-order valence-electron chi connectivity index (χ0n) is 13.5. The van der Waals surface area contributed by atoms with Crippen molar-refractivity contribution in [2.45, 2.75) is 32.7 Å². The predicted octanol–water partition coefficient (Wildman–Crippen LogP) is 1.18. The van der Waals surface area contributed by atoms with Crippen LogP contribution in [-0.4, -0.2) is 32.2 Å². The lowest BCUT2D eigenvalue weighted by Crippen LogP contribution is -2.33. The zero-order chi connectivity index (χ0) is 17.9. The Bertz CT molecular complexity index is 759. The number of nitrogens with two attached hydrogens (primary N) is 2. The Morgan fingerprint density at radius 1 is 1.25 bits per heavy atom. The quantitative estimate of drug-likeness (QED) is 0.586. The molecule has 128 valence electrons. The van der Waals surface area contributed by atoms with Gasteiger partial charge in [0.25, 0.3) is 5.91 Å². The Morgan fingerprint density at radius 3 is 2.50 bits per heavy atom. The van der Waals surface area contributed by atoms with Crippen LogP contribution in [-0.2, 0) is 4.79 Å². The molecule has 2 aromatic heterocycles. The van der Waals surface area contributed by atoms with Gasteiger partial charge in [0.15, 0.2) is 11.5 Å². The molecule has 10 heteroatoms. The van der Waals surface area contributed by atoms with Crippen molar-refractivity contribution in [2.75, 3.05) is 10.6 Å². The minimum absolute atomic E-state index is 0.00762. The van der Waals surface area contributed by atoms with Crippen molar-refractivity contribution < 1.29 is 9.59 Å². The van der Waals surface area contributed by atoms with Gasteiger partial charge < -0.3 is 22.1 Å². The van der Waals surface area contributed by atoms with Crippen LogP contribution < -0.4 is 22.1 Å². The topological polar surface area (TPSA) is 149 Å². The minimum Gasteiger partial charge on any atom is -0.368 e. The number of amides is 2. The van der Waals surface area contributed by atoms with Crippen LogP contribution in [0.5, 0.6) is 0 Å². The molecule has 6 N–H and O–H groups in total. The first-order valence-corrected chi connectivity index (χ1v) is 8.01. The van der Waals surface area contributed by atoms with Crippen LogP contribution in [0.4, 0.5) is 16.6 Å². The number of hydrogen-bond donors (Lipinski definition) is 4. The number of carbonyl (C=O) groups excluding carboxylic acids is 2. The number of aromatic nitrogens is 3. The lowest BCUT2D eigenvalue weighted by Gasteiger charge is -2.13. The Morgan fingerprint density at radius 2 is 1.96 bits per heavy atom. The molecule has 0 aromatic carbocycles. The summed E-state index contributed by atoms with van der Waals surface area (Å²) in [5.41, 5.74) is 11.5. The van der Waals surface area contributed by atoms with E-state index in [1.54, 1.807) is 6.92 Å². The predicted molar refractivity (Wildman–Crippen MR) is 92.3 cm³/mol. The number of nitrogens with zero attached hydrogens (tertiary/aromatic N) is 3. The Labute approximate surface area is 143 Å². The number of nitrogens with one attached hydrogen (secondary N) is 2. The fourth-order valence-electron chi connectivity index (χ4n) is 1.76. The summed E-state index contributed by atoms with van der Waals surface area (Å²) in [6.07, 6.45) is 1.32. The van der Waals surface area contributed by atoms with Crippen LogP contribution >= 0.6 is 11.5 Å². The van der Waals surface area contributed by atoms with Gasteiger partial charge in [-0.3, -0.25) is 9.59 Å². The molecule has 2 amide bonds. The van der Waals surface area contributed by atoms with E-state index in [1.807, 2.05) is 19.9 Å². The molecule has 0 fully saturated rings. The van der Waals surface area contributed by atoms with Gasteiger partial charge in [-0.1, -0.05) is 13.8 Å². The molecule has 0 saturated carbocycles. The molecule has 0 radical (unpaired) electrons. The van der Waals surface area contributed by atoms with Gasteiger partial charge >= 0.3 is 0 Å². The van der Waals surface area contributed by atoms with Gasteiger partial charge in [-0.05, 0) is 30.4 Å². The summed E-state index contributed by atoms with van der Waals surface area (Å²) in [5.74, 6) is -0.490. The van der Waals surface area contributed by atoms with Crippen molar-refractivity contribution >= 4 is 40.0 Å². The average Bonchev–Trinajstić information content (AvgIpc) is 2.95. The molecule has 0 spiro atoms. The highest BCUT2D eigenvalue weighted by Crippen LogP contribution is 2.26. The SMILES string of the molecule is CC(Nc1cnc(C(N)=O)c(Nc2cc(C(C)C)ns2)n1)C(N)=O. The third kappa shape index (κ3) is 4.16. The van der Waals surface area contributed by atoms with Crippen molar-refractivity contribution in [3.63, 3.8) is 0 Å². The summed E-state index contributed by atoms with van der Waals surface area (Å²) < 4.78 is 4.32. The second-order valence-corrected chi connectivity index (χ2v) is 6.29. The summed E-state index contributed by atoms with van der Waals surface area (Å²) in [4.78, 5) is 30.9. The second kappa shape index (κ2) is 7.21. The van der Waals surface area contributed by atoms with Gasteiger partial charge in [0.1, 0.15) is 16.9 Å². The number of carbonyl (C=O) groups is 2. The highest BCUT2D eigenvalue weighted by atomic mass is 32.1. The van der Waals surface area contributed by atoms with E-state index < -0.39 is 17.9 Å². The first-order chi connectivity index (χ1) is 11.3. The monoisotopic (exact) mass is 349 g/mol. The average molecular weight is 349 g/mol. The Hall–Kier alpha value is -2.75. The van der Waals surface area contributed by atoms with E-state index in [2.05, 4.69) is 25.0 Å². The third-order valence-electron chi connectivity index (χ3n) is 3.16. The van der Waals surface area contributed by atoms with E-state index >= 15 is 0 Å². The van der Waals surface area contributed by atoms with Crippen molar-refractivity contribution in [3.8, 4) is 0 Å². The molecule has 1 unspecified atom stereocenters. The molecule has 24 heavy (non-hydrogen) atoms. The maximum absolute atomic E-state index is 11.5. The fraction of sp³-hybridized carbons (Fsp3) is 0.357. The molecule has 2 rings (SSSR count). The lowest BCUT2D eigenvalue weighted by atomic mass is 10.1. The van der Waals surface area contributed by atoms with Crippen LogP contribution in [0.2, 0.25) is 0 Å². The van der Waals surface area contributed by atoms with Crippen LogP contribution in [0.3, 0.4) is 0 Å². The molecular formula is C14H19N7O2S. The van der Waals surface area contributed by atoms with Gasteiger partial charge in [0.2, 0.25) is 5.91 Å². The first-order valence-electron chi connectivity index (χ1n) is 7.24. The summed E-state index contributed by atoms with van der Waals surface area (Å²) in [5, 5.41) is 6.51. The normalized spacial score (nSPS) is 12.0. The molecule has 2 heterocycles. The van der Waals surface area contributed by atoms with E-state index in [-0.39, 0.29) is 17.4 Å². The van der Waals surface area contributed by atoms with Gasteiger partial charge in [0.05, 0.1) is 11.9 Å². The highest BCUT2D eigenvalue weighted by molar-refractivity contribution is 7.10. The van der Waals surface area contributed by atoms with Crippen LogP contribution in [0, 0.1) is 0 Å². The van der Waals surface area contributed by atoms with Gasteiger partial charge in [-0.25, -0.2) is 9.97 Å². The molecule has 2 aromatic rings. The second-order valence-electron chi connectivity index (χ2n) is 5.48. The molecule has 0 saturated heterocycles. The summed E-state index contributed by atoms with van der Waals surface area (Å²) in [6.45, 7) is 5.66. The summed E-state index contributed by atoms with van der Waals surface area (Å²) >= 11 is 1.24. The van der Waals surface area contributed by atoms with E-state index in [4.69, 9.17) is 11.5 Å². The number of rotatable bonds is 7. The van der Waals surface area contributed by atoms with E-state index in [0.717, 1.165) is 5.69 Å². The van der Waals surface area contributed by atoms with Gasteiger partial charge in [-0.15, -0.1) is 0 Å².